The van der Waals surface area contributed by atoms with Gasteiger partial charge in [0.15, 0.2) is 0 Å². The van der Waals surface area contributed by atoms with E-state index >= 15 is 0 Å². The molecule has 0 radical (unpaired) electrons. The minimum atomic E-state index is -0.197. The molecule has 0 unspecified atom stereocenters. The number of carbonyl (C=O) groups is 1. The van der Waals surface area contributed by atoms with Crippen molar-refractivity contribution in [3.63, 3.8) is 0 Å². The van der Waals surface area contributed by atoms with E-state index in [2.05, 4.69) is 4.90 Å². The number of hydrogen-bond acceptors (Lipinski definition) is 4. The van der Waals surface area contributed by atoms with Gasteiger partial charge in [-0.15, -0.1) is 0 Å². The predicted octanol–water partition coefficient (Wildman–Crippen LogP) is 1.39. The molecule has 1 rings (SSSR count). The molecule has 17 heavy (non-hydrogen) atoms. The Bertz CT molecular complexity index is 248. The third-order valence-corrected chi connectivity index (χ3v) is 4.07. The molecule has 1 aliphatic carbocycles. The summed E-state index contributed by atoms with van der Waals surface area (Å²) in [6, 6.07) is 0. The first-order valence-corrected chi connectivity index (χ1v) is 6.62. The van der Waals surface area contributed by atoms with Crippen molar-refractivity contribution in [2.24, 2.45) is 11.7 Å². The predicted molar refractivity (Wildman–Crippen MR) is 68.7 cm³/mol. The van der Waals surface area contributed by atoms with Gasteiger partial charge < -0.3 is 15.4 Å². The Balaban J connectivity index is 2.89. The van der Waals surface area contributed by atoms with Gasteiger partial charge in [-0.3, -0.25) is 4.79 Å². The van der Waals surface area contributed by atoms with Crippen LogP contribution in [-0.2, 0) is 9.53 Å². The van der Waals surface area contributed by atoms with Crippen LogP contribution in [0.2, 0.25) is 0 Å². The normalized spacial score (nSPS) is 21.2. The van der Waals surface area contributed by atoms with E-state index in [0.717, 1.165) is 12.8 Å². The average molecular weight is 242 g/mol. The largest absolute Gasteiger partial charge is 0.466 e. The zero-order valence-corrected chi connectivity index (χ0v) is 11.4. The summed E-state index contributed by atoms with van der Waals surface area (Å²) >= 11 is 0. The number of esters is 1. The maximum absolute atomic E-state index is 12.1. The highest BCUT2D eigenvalue weighted by Gasteiger charge is 2.45. The van der Waals surface area contributed by atoms with Crippen molar-refractivity contribution in [3.8, 4) is 0 Å². The summed E-state index contributed by atoms with van der Waals surface area (Å²) < 4.78 is 5.18. The monoisotopic (exact) mass is 242 g/mol. The van der Waals surface area contributed by atoms with Gasteiger partial charge in [-0.2, -0.15) is 0 Å². The van der Waals surface area contributed by atoms with Gasteiger partial charge in [0.25, 0.3) is 0 Å². The van der Waals surface area contributed by atoms with Crippen LogP contribution in [0.25, 0.3) is 0 Å². The minimum Gasteiger partial charge on any atom is -0.466 e. The number of carbonyl (C=O) groups excluding carboxylic acids is 1. The highest BCUT2D eigenvalue weighted by Crippen LogP contribution is 2.38. The lowest BCUT2D eigenvalue weighted by molar-refractivity contribution is -0.154. The summed E-state index contributed by atoms with van der Waals surface area (Å²) in [4.78, 5) is 14.2. The summed E-state index contributed by atoms with van der Waals surface area (Å²) in [7, 11) is 4.10. The summed E-state index contributed by atoms with van der Waals surface area (Å²) in [6.07, 6.45) is 5.69. The van der Waals surface area contributed by atoms with E-state index in [1.807, 2.05) is 21.0 Å². The molecule has 1 saturated carbocycles. The molecule has 1 aliphatic rings. The van der Waals surface area contributed by atoms with Crippen LogP contribution in [0.4, 0.5) is 0 Å². The maximum atomic E-state index is 12.1. The van der Waals surface area contributed by atoms with Crippen LogP contribution < -0.4 is 5.73 Å². The molecule has 0 aromatic heterocycles. The Hall–Kier alpha value is -0.610. The molecule has 1 fully saturated rings. The first-order chi connectivity index (χ1) is 8.08. The topological polar surface area (TPSA) is 55.6 Å². The van der Waals surface area contributed by atoms with E-state index in [-0.39, 0.29) is 17.4 Å². The molecule has 0 bridgehead atoms. The van der Waals surface area contributed by atoms with Crippen molar-refractivity contribution >= 4 is 5.97 Å². The molecule has 4 nitrogen and oxygen atoms in total. The SMILES string of the molecule is CCOC(=O)[C@H](CN)C1(N(C)C)CCCCC1. The highest BCUT2D eigenvalue weighted by atomic mass is 16.5. The van der Waals surface area contributed by atoms with E-state index in [0.29, 0.717) is 13.2 Å². The van der Waals surface area contributed by atoms with Gasteiger partial charge in [0.05, 0.1) is 12.5 Å². The van der Waals surface area contributed by atoms with Crippen molar-refractivity contribution in [1.29, 1.82) is 0 Å². The lowest BCUT2D eigenvalue weighted by Crippen LogP contribution is -2.57. The van der Waals surface area contributed by atoms with Gasteiger partial charge in [-0.1, -0.05) is 19.3 Å². The molecule has 4 heteroatoms. The van der Waals surface area contributed by atoms with Crippen molar-refractivity contribution in [1.82, 2.24) is 4.90 Å². The van der Waals surface area contributed by atoms with Gasteiger partial charge in [0.1, 0.15) is 0 Å². The van der Waals surface area contributed by atoms with E-state index in [1.165, 1.54) is 19.3 Å². The Labute approximate surface area is 104 Å². The number of nitrogens with zero attached hydrogens (tertiary/aromatic N) is 1. The van der Waals surface area contributed by atoms with Crippen LogP contribution in [0.1, 0.15) is 39.0 Å². The molecule has 0 aliphatic heterocycles. The lowest BCUT2D eigenvalue weighted by atomic mass is 9.71. The molecule has 0 aromatic carbocycles. The summed E-state index contributed by atoms with van der Waals surface area (Å²) in [5.74, 6) is -0.330. The zero-order chi connectivity index (χ0) is 12.9. The Kier molecular flexibility index (Phi) is 5.40. The quantitative estimate of drug-likeness (QED) is 0.740. The first-order valence-electron chi connectivity index (χ1n) is 6.62. The number of nitrogens with two attached hydrogens (primary N) is 1. The Morgan fingerprint density at radius 3 is 2.35 bits per heavy atom. The van der Waals surface area contributed by atoms with Crippen LogP contribution in [0.3, 0.4) is 0 Å². The van der Waals surface area contributed by atoms with Crippen molar-refractivity contribution in [3.05, 3.63) is 0 Å². The van der Waals surface area contributed by atoms with E-state index in [4.69, 9.17) is 10.5 Å². The van der Waals surface area contributed by atoms with Crippen molar-refractivity contribution < 1.29 is 9.53 Å². The van der Waals surface area contributed by atoms with Gasteiger partial charge in [0.2, 0.25) is 0 Å². The Morgan fingerprint density at radius 2 is 1.94 bits per heavy atom. The number of rotatable bonds is 5. The van der Waals surface area contributed by atoms with Crippen LogP contribution in [0.15, 0.2) is 0 Å². The number of hydrogen-bond donors (Lipinski definition) is 1. The molecule has 100 valence electrons. The van der Waals surface area contributed by atoms with E-state index < -0.39 is 0 Å². The standard InChI is InChI=1S/C13H26N2O2/c1-4-17-12(16)11(10-14)13(15(2)3)8-6-5-7-9-13/h11H,4-10,14H2,1-3H3/t11-/m0/s1. The molecule has 0 amide bonds. The fourth-order valence-corrected chi connectivity index (χ4v) is 3.05. The minimum absolute atomic E-state index is 0.0980. The van der Waals surface area contributed by atoms with Crippen molar-refractivity contribution in [2.75, 3.05) is 27.2 Å². The van der Waals surface area contributed by atoms with Gasteiger partial charge in [0, 0.05) is 12.1 Å². The summed E-state index contributed by atoms with van der Waals surface area (Å²) in [5, 5.41) is 0. The third-order valence-electron chi connectivity index (χ3n) is 4.07. The molecule has 0 aromatic rings. The first kappa shape index (κ1) is 14.5. The van der Waals surface area contributed by atoms with Gasteiger partial charge in [-0.25, -0.2) is 0 Å². The van der Waals surface area contributed by atoms with Crippen LogP contribution >= 0.6 is 0 Å². The second kappa shape index (κ2) is 6.36. The van der Waals surface area contributed by atoms with Crippen molar-refractivity contribution in [2.45, 2.75) is 44.6 Å². The van der Waals surface area contributed by atoms with E-state index in [9.17, 15) is 4.79 Å². The van der Waals surface area contributed by atoms with Crippen LogP contribution in [0, 0.1) is 5.92 Å². The van der Waals surface area contributed by atoms with Crippen LogP contribution in [-0.4, -0.2) is 43.7 Å². The second-order valence-electron chi connectivity index (χ2n) is 5.10. The van der Waals surface area contributed by atoms with Crippen LogP contribution in [0.5, 0.6) is 0 Å². The molecular formula is C13H26N2O2. The zero-order valence-electron chi connectivity index (χ0n) is 11.4. The van der Waals surface area contributed by atoms with E-state index in [1.54, 1.807) is 0 Å². The fourth-order valence-electron chi connectivity index (χ4n) is 3.05. The molecule has 2 N–H and O–H groups in total. The Morgan fingerprint density at radius 1 is 1.35 bits per heavy atom. The summed E-state index contributed by atoms with van der Waals surface area (Å²) in [5.41, 5.74) is 5.73. The molecule has 0 saturated heterocycles. The number of ether oxygens (including phenoxy) is 1. The average Bonchev–Trinajstić information content (AvgIpc) is 2.31. The summed E-state index contributed by atoms with van der Waals surface area (Å²) in [6.45, 7) is 2.64. The maximum Gasteiger partial charge on any atom is 0.312 e. The smallest absolute Gasteiger partial charge is 0.312 e. The van der Waals surface area contributed by atoms with Gasteiger partial charge >= 0.3 is 5.97 Å². The molecule has 0 heterocycles. The molecule has 1 atom stereocenters. The highest BCUT2D eigenvalue weighted by molar-refractivity contribution is 5.74. The fraction of sp³-hybridized carbons (Fsp3) is 0.923. The molecular weight excluding hydrogens is 216 g/mol. The third kappa shape index (κ3) is 2.99. The molecule has 0 spiro atoms. The van der Waals surface area contributed by atoms with Gasteiger partial charge in [-0.05, 0) is 33.9 Å². The lowest BCUT2D eigenvalue weighted by Gasteiger charge is -2.47. The second-order valence-corrected chi connectivity index (χ2v) is 5.10.